The quantitative estimate of drug-likeness (QED) is 0.206. The van der Waals surface area contributed by atoms with Crippen molar-refractivity contribution in [3.63, 3.8) is 0 Å². The monoisotopic (exact) mass is 511 g/mol. The van der Waals surface area contributed by atoms with Gasteiger partial charge in [-0.2, -0.15) is 13.2 Å². The van der Waals surface area contributed by atoms with Crippen molar-refractivity contribution >= 4 is 0 Å². The Labute approximate surface area is 213 Å². The third kappa shape index (κ3) is 11.2. The third-order valence-corrected chi connectivity index (χ3v) is 5.24. The molecule has 0 aliphatic carbocycles. The van der Waals surface area contributed by atoms with Crippen LogP contribution in [0.1, 0.15) is 59.8 Å². The maximum Gasteiger partial charge on any atom is 0.416 e. The summed E-state index contributed by atoms with van der Waals surface area (Å²) in [5, 5.41) is 0. The Balaban J connectivity index is 0.00000291. The van der Waals surface area contributed by atoms with Gasteiger partial charge in [-0.15, -0.1) is 12.8 Å². The molecule has 1 aromatic rings. The number of hydrogen-bond donors (Lipinski definition) is 0. The molecule has 1 saturated heterocycles. The topological polar surface area (TPSA) is 12.5 Å². The van der Waals surface area contributed by atoms with Gasteiger partial charge >= 0.3 is 6.18 Å². The summed E-state index contributed by atoms with van der Waals surface area (Å²) in [6.07, 6.45) is 10.6. The van der Waals surface area contributed by atoms with Gasteiger partial charge in [0.1, 0.15) is 23.5 Å². The fraction of sp³-hybridized carbons (Fsp3) is 0.448. The number of halogens is 5. The number of likely N-dealkylation sites (N-methyl/N-ethyl adjacent to an activating group) is 1. The van der Waals surface area contributed by atoms with Crippen LogP contribution in [0, 0.1) is 18.7 Å². The normalized spacial score (nSPS) is 18.4. The van der Waals surface area contributed by atoms with Crippen molar-refractivity contribution in [1.82, 2.24) is 4.90 Å². The molecule has 0 N–H and O–H groups in total. The van der Waals surface area contributed by atoms with Crippen molar-refractivity contribution in [2.45, 2.75) is 72.1 Å². The van der Waals surface area contributed by atoms with Crippen molar-refractivity contribution < 1.29 is 26.7 Å². The predicted molar refractivity (Wildman–Crippen MR) is 139 cm³/mol. The molecule has 1 unspecified atom stereocenters. The van der Waals surface area contributed by atoms with E-state index in [9.17, 15) is 22.0 Å². The van der Waals surface area contributed by atoms with E-state index in [1.54, 1.807) is 13.0 Å². The number of ether oxygens (including phenoxy) is 1. The van der Waals surface area contributed by atoms with Crippen molar-refractivity contribution in [3.05, 3.63) is 77.1 Å². The van der Waals surface area contributed by atoms with Crippen LogP contribution in [0.2, 0.25) is 0 Å². The van der Waals surface area contributed by atoms with Crippen LogP contribution in [0.5, 0.6) is 5.75 Å². The van der Waals surface area contributed by atoms with Gasteiger partial charge in [-0.25, -0.2) is 8.78 Å². The van der Waals surface area contributed by atoms with Gasteiger partial charge in [0.05, 0.1) is 11.3 Å². The molecular formula is C29H38F5NO. The average Bonchev–Trinajstić information content (AvgIpc) is 3.04. The van der Waals surface area contributed by atoms with Crippen molar-refractivity contribution in [2.24, 2.45) is 0 Å². The lowest BCUT2D eigenvalue weighted by Gasteiger charge is -2.27. The Morgan fingerprint density at radius 3 is 2.28 bits per heavy atom. The van der Waals surface area contributed by atoms with Crippen LogP contribution in [0.15, 0.2) is 71.2 Å². The molecule has 1 atom stereocenters. The lowest BCUT2D eigenvalue weighted by Crippen LogP contribution is -2.29. The summed E-state index contributed by atoms with van der Waals surface area (Å²) in [5.74, 6) is -0.568. The zero-order chi connectivity index (χ0) is 27.7. The first-order valence-corrected chi connectivity index (χ1v) is 12.1. The number of alkyl halides is 3. The molecule has 7 heteroatoms. The highest BCUT2D eigenvalue weighted by molar-refractivity contribution is 5.38. The van der Waals surface area contributed by atoms with E-state index >= 15 is 0 Å². The third-order valence-electron chi connectivity index (χ3n) is 5.24. The van der Waals surface area contributed by atoms with Crippen LogP contribution in [0.4, 0.5) is 22.0 Å². The van der Waals surface area contributed by atoms with Crippen LogP contribution >= 0.6 is 0 Å². The Morgan fingerprint density at radius 2 is 1.75 bits per heavy atom. The minimum absolute atomic E-state index is 0.0176. The molecule has 0 spiro atoms. The van der Waals surface area contributed by atoms with Gasteiger partial charge in [-0.1, -0.05) is 39.0 Å². The number of benzene rings is 1. The molecule has 0 amide bonds. The highest BCUT2D eigenvalue weighted by atomic mass is 19.4. The molecule has 0 saturated carbocycles. The number of rotatable bonds is 7. The summed E-state index contributed by atoms with van der Waals surface area (Å²) in [5.41, 5.74) is -0.136. The van der Waals surface area contributed by atoms with E-state index in [-0.39, 0.29) is 30.3 Å². The van der Waals surface area contributed by atoms with Gasteiger partial charge in [0, 0.05) is 13.6 Å². The summed E-state index contributed by atoms with van der Waals surface area (Å²) < 4.78 is 73.8. The fourth-order valence-corrected chi connectivity index (χ4v) is 3.57. The largest absolute Gasteiger partial charge is 0.484 e. The second-order valence-electron chi connectivity index (χ2n) is 7.68. The summed E-state index contributed by atoms with van der Waals surface area (Å²) in [7, 11) is 1.88. The molecule has 1 heterocycles. The number of hydrogen-bond acceptors (Lipinski definition) is 2. The highest BCUT2D eigenvalue weighted by Gasteiger charge is 2.32. The maximum atomic E-state index is 14.5. The van der Waals surface area contributed by atoms with E-state index < -0.39 is 17.6 Å². The molecule has 2 rings (SSSR count). The van der Waals surface area contributed by atoms with E-state index in [1.165, 1.54) is 31.2 Å². The molecule has 0 aromatic heterocycles. The smallest absolute Gasteiger partial charge is 0.416 e. The van der Waals surface area contributed by atoms with Gasteiger partial charge in [0.15, 0.2) is 0 Å². The standard InChI is InChI=1S/C25H30F5NO.C2H6.C2H2/c1-4-8-19(25(28,29)30)17-18(22(27)5-2)10-15-23-24(9-6-7-16-31(23)3)32-21-13-11-20(26)12-14-21;2*1-2/h5,8,11-15,17,24H,4,6-7,9-10,16H2,1-3H3;1-2H3;1-2H/b18-17-,19-8-,22-5+,23-15-;;. The Hall–Kier alpha value is -3.01. The van der Waals surface area contributed by atoms with E-state index in [4.69, 9.17) is 4.74 Å². The Kier molecular flexibility index (Phi) is 16.0. The molecule has 1 fully saturated rings. The SMILES string of the molecule is C#C.CC.C\C=C(F)/C(=C\C(=C\CC)C(F)(F)F)C/C=C1/C(Oc2ccc(F)cc2)CCCCN1C. The number of likely N-dealkylation sites (tertiary alicyclic amines) is 1. The van der Waals surface area contributed by atoms with Crippen LogP contribution in [-0.4, -0.2) is 30.8 Å². The first-order valence-electron chi connectivity index (χ1n) is 12.1. The number of allylic oxidation sites excluding steroid dienone is 7. The van der Waals surface area contributed by atoms with E-state index in [0.717, 1.165) is 43.3 Å². The summed E-state index contributed by atoms with van der Waals surface area (Å²) >= 11 is 0. The molecule has 1 aliphatic heterocycles. The van der Waals surface area contributed by atoms with Crippen molar-refractivity contribution in [1.29, 1.82) is 0 Å². The minimum atomic E-state index is -4.56. The first-order chi connectivity index (χ1) is 17.2. The highest BCUT2D eigenvalue weighted by Crippen LogP contribution is 2.32. The van der Waals surface area contributed by atoms with Gasteiger partial charge in [-0.3, -0.25) is 0 Å². The average molecular weight is 512 g/mol. The summed E-state index contributed by atoms with van der Waals surface area (Å²) in [4.78, 5) is 1.99. The van der Waals surface area contributed by atoms with Crippen molar-refractivity contribution in [2.75, 3.05) is 13.6 Å². The number of terminal acetylenes is 1. The second kappa shape index (κ2) is 17.4. The molecule has 200 valence electrons. The lowest BCUT2D eigenvalue weighted by atomic mass is 10.0. The van der Waals surface area contributed by atoms with Gasteiger partial charge in [0.25, 0.3) is 0 Å². The van der Waals surface area contributed by atoms with Gasteiger partial charge < -0.3 is 9.64 Å². The molecule has 1 aliphatic rings. The molecule has 1 aromatic carbocycles. The Bertz CT molecular complexity index is 908. The first kappa shape index (κ1) is 33.0. The zero-order valence-corrected chi connectivity index (χ0v) is 21.8. The van der Waals surface area contributed by atoms with Crippen LogP contribution in [0.3, 0.4) is 0 Å². The van der Waals surface area contributed by atoms with Crippen LogP contribution in [-0.2, 0) is 0 Å². The maximum absolute atomic E-state index is 14.5. The van der Waals surface area contributed by atoms with Gasteiger partial charge in [-0.05, 0) is 74.9 Å². The van der Waals surface area contributed by atoms with Crippen LogP contribution < -0.4 is 4.74 Å². The summed E-state index contributed by atoms with van der Waals surface area (Å²) in [6.45, 7) is 7.81. The number of nitrogens with zero attached hydrogens (tertiary/aromatic N) is 1. The van der Waals surface area contributed by atoms with E-state index in [0.29, 0.717) is 12.2 Å². The van der Waals surface area contributed by atoms with Crippen LogP contribution in [0.25, 0.3) is 0 Å². The summed E-state index contributed by atoms with van der Waals surface area (Å²) in [6, 6.07) is 5.68. The van der Waals surface area contributed by atoms with E-state index in [1.807, 2.05) is 25.8 Å². The molecule has 0 radical (unpaired) electrons. The lowest BCUT2D eigenvalue weighted by molar-refractivity contribution is -0.0884. The minimum Gasteiger partial charge on any atom is -0.484 e. The van der Waals surface area contributed by atoms with Gasteiger partial charge in [0.2, 0.25) is 0 Å². The molecule has 2 nitrogen and oxygen atoms in total. The predicted octanol–water partition coefficient (Wildman–Crippen LogP) is 8.94. The molecule has 0 bridgehead atoms. The second-order valence-corrected chi connectivity index (χ2v) is 7.68. The zero-order valence-electron chi connectivity index (χ0n) is 21.8. The fourth-order valence-electron chi connectivity index (χ4n) is 3.57. The van der Waals surface area contributed by atoms with E-state index in [2.05, 4.69) is 12.8 Å². The molecule has 36 heavy (non-hydrogen) atoms. The van der Waals surface area contributed by atoms with Crippen molar-refractivity contribution in [3.8, 4) is 18.6 Å². The Morgan fingerprint density at radius 1 is 1.14 bits per heavy atom. The molecular weight excluding hydrogens is 473 g/mol.